The van der Waals surface area contributed by atoms with E-state index in [4.69, 9.17) is 28.9 Å². The van der Waals surface area contributed by atoms with Crippen molar-refractivity contribution in [2.45, 2.75) is 12.1 Å². The topological polar surface area (TPSA) is 50.7 Å². The highest BCUT2D eigenvalue weighted by Gasteiger charge is 2.40. The van der Waals surface area contributed by atoms with Gasteiger partial charge < -0.3 is 5.73 Å². The minimum atomic E-state index is -4.50. The number of nitrogens with two attached hydrogens (primary N) is 1. The molecule has 0 aliphatic heterocycles. The lowest BCUT2D eigenvalue weighted by atomic mass is 9.97. The van der Waals surface area contributed by atoms with Crippen molar-refractivity contribution in [1.82, 2.24) is 0 Å². The van der Waals surface area contributed by atoms with E-state index in [-0.39, 0.29) is 15.6 Å². The highest BCUT2D eigenvalue weighted by Crippen LogP contribution is 2.41. The van der Waals surface area contributed by atoms with Gasteiger partial charge in [0.15, 0.2) is 0 Å². The minimum Gasteiger partial charge on any atom is -0.390 e. The first-order valence-electron chi connectivity index (χ1n) is 7.37. The van der Waals surface area contributed by atoms with Crippen molar-refractivity contribution in [2.24, 2.45) is 15.7 Å². The lowest BCUT2D eigenvalue weighted by molar-refractivity contribution is -0.139. The predicted molar refractivity (Wildman–Crippen MR) is 102 cm³/mol. The first-order chi connectivity index (χ1) is 12.3. The van der Waals surface area contributed by atoms with Crippen LogP contribution in [0.5, 0.6) is 0 Å². The molecular weight excluding hydrogens is 386 g/mol. The molecule has 0 aliphatic rings. The molecule has 26 heavy (non-hydrogen) atoms. The van der Waals surface area contributed by atoms with Gasteiger partial charge in [-0.3, -0.25) is 0 Å². The van der Waals surface area contributed by atoms with Crippen LogP contribution in [0.15, 0.2) is 58.5 Å². The van der Waals surface area contributed by atoms with E-state index in [1.807, 2.05) is 0 Å². The van der Waals surface area contributed by atoms with Crippen LogP contribution in [0.1, 0.15) is 17.0 Å². The summed E-state index contributed by atoms with van der Waals surface area (Å²) >= 11 is 11.8. The quantitative estimate of drug-likeness (QED) is 0.486. The van der Waals surface area contributed by atoms with E-state index < -0.39 is 12.1 Å². The van der Waals surface area contributed by atoms with Crippen LogP contribution in [0.3, 0.4) is 0 Å². The van der Waals surface area contributed by atoms with Crippen molar-refractivity contribution in [1.29, 1.82) is 0 Å². The van der Waals surface area contributed by atoms with Crippen LogP contribution in [-0.4, -0.2) is 18.9 Å². The molecule has 0 saturated heterocycles. The molecule has 0 bridgehead atoms. The SMILES string of the molecule is NC=NC=Nc1ccc(/C=C/[C@@H](c2cccc(Cl)c2Cl)C(F)(F)F)cc1. The normalized spacial score (nSPS) is 13.9. The van der Waals surface area contributed by atoms with Gasteiger partial charge >= 0.3 is 6.18 Å². The Bertz CT molecular complexity index is 829. The molecule has 136 valence electrons. The van der Waals surface area contributed by atoms with Crippen LogP contribution in [0, 0.1) is 0 Å². The van der Waals surface area contributed by atoms with Gasteiger partial charge in [0.2, 0.25) is 0 Å². The maximum Gasteiger partial charge on any atom is 0.399 e. The Labute approximate surface area is 158 Å². The van der Waals surface area contributed by atoms with Crippen molar-refractivity contribution in [2.75, 3.05) is 0 Å². The summed E-state index contributed by atoms with van der Waals surface area (Å²) in [4.78, 5) is 7.63. The van der Waals surface area contributed by atoms with Crippen molar-refractivity contribution in [3.63, 3.8) is 0 Å². The molecular formula is C18H14Cl2F3N3. The van der Waals surface area contributed by atoms with Crippen LogP contribution < -0.4 is 5.73 Å². The molecule has 2 aromatic carbocycles. The van der Waals surface area contributed by atoms with Gasteiger partial charge in [0.1, 0.15) is 6.34 Å². The van der Waals surface area contributed by atoms with Gasteiger partial charge in [-0.1, -0.05) is 59.6 Å². The zero-order valence-corrected chi connectivity index (χ0v) is 14.8. The molecule has 0 amide bonds. The number of nitrogens with zero attached hydrogens (tertiary/aromatic N) is 2. The summed E-state index contributed by atoms with van der Waals surface area (Å²) in [5.41, 5.74) is 6.17. The third-order valence-corrected chi connectivity index (χ3v) is 4.24. The Morgan fingerprint density at radius 2 is 1.73 bits per heavy atom. The Morgan fingerprint density at radius 3 is 2.35 bits per heavy atom. The Hall–Kier alpha value is -2.31. The van der Waals surface area contributed by atoms with E-state index >= 15 is 0 Å². The van der Waals surface area contributed by atoms with E-state index in [2.05, 4.69) is 9.98 Å². The lowest BCUT2D eigenvalue weighted by Crippen LogP contribution is -2.19. The van der Waals surface area contributed by atoms with Crippen LogP contribution in [0.2, 0.25) is 10.0 Å². The first kappa shape index (κ1) is 20.0. The lowest BCUT2D eigenvalue weighted by Gasteiger charge is -2.19. The maximum absolute atomic E-state index is 13.5. The highest BCUT2D eigenvalue weighted by atomic mass is 35.5. The number of benzene rings is 2. The average molecular weight is 400 g/mol. The van der Waals surface area contributed by atoms with Crippen molar-refractivity contribution in [3.05, 3.63) is 69.7 Å². The Balaban J connectivity index is 2.27. The Morgan fingerprint density at radius 1 is 1.04 bits per heavy atom. The standard InChI is InChI=1S/C18H14Cl2F3N3/c19-16-3-1-2-14(17(16)20)15(18(21,22)23)9-6-12-4-7-13(8-5-12)26-11-25-10-24/h1-11,15H,(H2,24,25,26)/b9-6+/t15-/m0/s1. The van der Waals surface area contributed by atoms with Crippen LogP contribution in [0.25, 0.3) is 6.08 Å². The molecule has 1 atom stereocenters. The van der Waals surface area contributed by atoms with E-state index in [1.165, 1.54) is 30.6 Å². The second-order valence-corrected chi connectivity index (χ2v) is 5.94. The number of halogens is 5. The van der Waals surface area contributed by atoms with Gasteiger partial charge in [0.05, 0.1) is 28.0 Å². The zero-order valence-electron chi connectivity index (χ0n) is 13.3. The van der Waals surface area contributed by atoms with Gasteiger partial charge in [0.25, 0.3) is 0 Å². The fourth-order valence-electron chi connectivity index (χ4n) is 2.17. The number of allylic oxidation sites excluding steroid dienone is 1. The maximum atomic E-state index is 13.5. The smallest absolute Gasteiger partial charge is 0.390 e. The zero-order chi connectivity index (χ0) is 19.2. The molecule has 0 aromatic heterocycles. The first-order valence-corrected chi connectivity index (χ1v) is 8.13. The average Bonchev–Trinajstić information content (AvgIpc) is 2.59. The molecule has 0 spiro atoms. The summed E-state index contributed by atoms with van der Waals surface area (Å²) < 4.78 is 40.4. The van der Waals surface area contributed by atoms with Crippen LogP contribution in [-0.2, 0) is 0 Å². The van der Waals surface area contributed by atoms with Gasteiger partial charge in [-0.15, -0.1) is 0 Å². The monoisotopic (exact) mass is 399 g/mol. The van der Waals surface area contributed by atoms with Gasteiger partial charge in [-0.05, 0) is 29.3 Å². The van der Waals surface area contributed by atoms with Crippen molar-refractivity contribution >= 4 is 47.6 Å². The fourth-order valence-corrected chi connectivity index (χ4v) is 2.59. The molecule has 3 nitrogen and oxygen atoms in total. The predicted octanol–water partition coefficient (Wildman–Crippen LogP) is 6.00. The van der Waals surface area contributed by atoms with Crippen molar-refractivity contribution < 1.29 is 13.2 Å². The second kappa shape index (κ2) is 8.87. The number of rotatable bonds is 5. The number of aliphatic imine (C=N–C) groups is 2. The van der Waals surface area contributed by atoms with Gasteiger partial charge in [0, 0.05) is 0 Å². The second-order valence-electron chi connectivity index (χ2n) is 5.16. The number of hydrogen-bond acceptors (Lipinski definition) is 1. The molecule has 0 unspecified atom stereocenters. The van der Waals surface area contributed by atoms with E-state index in [0.717, 1.165) is 12.4 Å². The molecule has 0 saturated carbocycles. The molecule has 2 aromatic rings. The van der Waals surface area contributed by atoms with E-state index in [9.17, 15) is 13.2 Å². The molecule has 0 heterocycles. The summed E-state index contributed by atoms with van der Waals surface area (Å²) in [5.74, 6) is -1.87. The fraction of sp³-hybridized carbons (Fsp3) is 0.111. The summed E-state index contributed by atoms with van der Waals surface area (Å²) in [6.07, 6.45) is 0.287. The highest BCUT2D eigenvalue weighted by molar-refractivity contribution is 6.42. The van der Waals surface area contributed by atoms with Gasteiger partial charge in [-0.25, -0.2) is 9.98 Å². The summed E-state index contributed by atoms with van der Waals surface area (Å²) in [7, 11) is 0. The Kier molecular flexibility index (Phi) is 6.83. The molecule has 8 heteroatoms. The third-order valence-electron chi connectivity index (χ3n) is 3.40. The number of alkyl halides is 3. The summed E-state index contributed by atoms with van der Waals surface area (Å²) in [5, 5.41) is -0.0274. The van der Waals surface area contributed by atoms with E-state index in [1.54, 1.807) is 24.3 Å². The molecule has 0 fully saturated rings. The van der Waals surface area contributed by atoms with Gasteiger partial charge in [-0.2, -0.15) is 13.2 Å². The van der Waals surface area contributed by atoms with Crippen LogP contribution >= 0.6 is 23.2 Å². The summed E-state index contributed by atoms with van der Waals surface area (Å²) in [6, 6.07) is 10.8. The minimum absolute atomic E-state index is 0.0779. The molecule has 0 radical (unpaired) electrons. The molecule has 2 rings (SSSR count). The largest absolute Gasteiger partial charge is 0.399 e. The van der Waals surface area contributed by atoms with Crippen molar-refractivity contribution in [3.8, 4) is 0 Å². The van der Waals surface area contributed by atoms with E-state index in [0.29, 0.717) is 11.3 Å². The molecule has 0 aliphatic carbocycles. The van der Waals surface area contributed by atoms with Crippen LogP contribution in [0.4, 0.5) is 18.9 Å². The molecule has 2 N–H and O–H groups in total. The summed E-state index contributed by atoms with van der Waals surface area (Å²) in [6.45, 7) is 0. The third kappa shape index (κ3) is 5.34. The number of hydrogen-bond donors (Lipinski definition) is 1.